The SMILES string of the molecule is COc1ccc(-c2cc(N3CCc4c(c(C)nn4CC45CCC(N)(CC4)CC5)C3)ccn2)cc1. The molecule has 7 rings (SSSR count). The van der Waals surface area contributed by atoms with Crippen molar-refractivity contribution in [3.63, 3.8) is 0 Å². The van der Waals surface area contributed by atoms with Crippen LogP contribution in [-0.2, 0) is 19.5 Å². The summed E-state index contributed by atoms with van der Waals surface area (Å²) < 4.78 is 7.66. The van der Waals surface area contributed by atoms with Crippen molar-refractivity contribution in [1.82, 2.24) is 14.8 Å². The molecule has 34 heavy (non-hydrogen) atoms. The Kier molecular flexibility index (Phi) is 5.17. The van der Waals surface area contributed by atoms with Gasteiger partial charge in [-0.25, -0.2) is 0 Å². The highest BCUT2D eigenvalue weighted by Crippen LogP contribution is 2.52. The molecule has 1 aromatic carbocycles. The summed E-state index contributed by atoms with van der Waals surface area (Å²) in [6, 6.07) is 12.4. The van der Waals surface area contributed by atoms with Gasteiger partial charge in [-0.3, -0.25) is 9.67 Å². The number of anilines is 1. The van der Waals surface area contributed by atoms with Crippen molar-refractivity contribution in [2.75, 3.05) is 18.6 Å². The average molecular weight is 458 g/mol. The standard InChI is InChI=1S/C28H35N5O/c1-20-24-18-32(22-7-15-30-25(17-22)21-3-5-23(34-2)6-4-21)16-8-26(24)33(31-20)19-27-9-12-28(29,13-10-27)14-11-27/h3-7,15,17H,8-14,16,18-19,29H2,1-2H3. The molecule has 2 bridgehead atoms. The van der Waals surface area contributed by atoms with E-state index in [1.54, 1.807) is 7.11 Å². The van der Waals surface area contributed by atoms with Crippen molar-refractivity contribution in [2.45, 2.75) is 70.5 Å². The molecule has 1 aliphatic heterocycles. The third kappa shape index (κ3) is 3.78. The van der Waals surface area contributed by atoms with Crippen molar-refractivity contribution in [1.29, 1.82) is 0 Å². The number of nitrogens with two attached hydrogens (primary N) is 1. The number of benzene rings is 1. The first-order valence-electron chi connectivity index (χ1n) is 12.7. The van der Waals surface area contributed by atoms with Crippen molar-refractivity contribution in [3.05, 3.63) is 59.5 Å². The van der Waals surface area contributed by atoms with Crippen molar-refractivity contribution in [2.24, 2.45) is 11.1 Å². The van der Waals surface area contributed by atoms with Gasteiger partial charge in [0.05, 0.1) is 18.5 Å². The molecule has 3 aliphatic carbocycles. The van der Waals surface area contributed by atoms with Crippen molar-refractivity contribution >= 4 is 5.69 Å². The predicted molar refractivity (Wildman–Crippen MR) is 135 cm³/mol. The lowest BCUT2D eigenvalue weighted by Crippen LogP contribution is -2.53. The predicted octanol–water partition coefficient (Wildman–Crippen LogP) is 4.88. The Labute approximate surface area is 202 Å². The molecule has 0 saturated heterocycles. The Morgan fingerprint density at radius 3 is 2.47 bits per heavy atom. The highest BCUT2D eigenvalue weighted by molar-refractivity contribution is 5.65. The molecule has 0 radical (unpaired) electrons. The number of aromatic nitrogens is 3. The molecular formula is C28H35N5O. The van der Waals surface area contributed by atoms with Gasteiger partial charge in [0.2, 0.25) is 0 Å². The molecule has 2 aromatic heterocycles. The molecule has 178 valence electrons. The van der Waals surface area contributed by atoms with E-state index in [-0.39, 0.29) is 5.54 Å². The van der Waals surface area contributed by atoms with Gasteiger partial charge in [0.25, 0.3) is 0 Å². The lowest BCUT2D eigenvalue weighted by molar-refractivity contribution is 0.0263. The zero-order chi connectivity index (χ0) is 23.3. The maximum atomic E-state index is 6.56. The minimum atomic E-state index is 0.122. The quantitative estimate of drug-likeness (QED) is 0.592. The van der Waals surface area contributed by atoms with Crippen LogP contribution in [0, 0.1) is 12.3 Å². The fourth-order valence-corrected chi connectivity index (χ4v) is 6.40. The lowest BCUT2D eigenvalue weighted by Gasteiger charge is -2.52. The van der Waals surface area contributed by atoms with Crippen LogP contribution in [0.15, 0.2) is 42.6 Å². The fourth-order valence-electron chi connectivity index (χ4n) is 6.40. The fraction of sp³-hybridized carbons (Fsp3) is 0.500. The number of pyridine rings is 1. The minimum absolute atomic E-state index is 0.122. The molecule has 0 unspecified atom stereocenters. The summed E-state index contributed by atoms with van der Waals surface area (Å²) in [5.74, 6) is 0.860. The third-order valence-electron chi connectivity index (χ3n) is 8.77. The summed E-state index contributed by atoms with van der Waals surface area (Å²) >= 11 is 0. The van der Waals surface area contributed by atoms with Gasteiger partial charge in [-0.2, -0.15) is 5.10 Å². The number of nitrogens with zero attached hydrogens (tertiary/aromatic N) is 4. The van der Waals surface area contributed by atoms with E-state index in [1.165, 1.54) is 61.2 Å². The Morgan fingerprint density at radius 2 is 1.76 bits per heavy atom. The first-order valence-corrected chi connectivity index (χ1v) is 12.7. The van der Waals surface area contributed by atoms with Crippen LogP contribution < -0.4 is 15.4 Å². The molecule has 3 heterocycles. The highest BCUT2D eigenvalue weighted by atomic mass is 16.5. The van der Waals surface area contributed by atoms with Crippen LogP contribution in [0.3, 0.4) is 0 Å². The summed E-state index contributed by atoms with van der Waals surface area (Å²) in [5, 5.41) is 5.06. The number of hydrogen-bond acceptors (Lipinski definition) is 5. The third-order valence-corrected chi connectivity index (χ3v) is 8.77. The topological polar surface area (TPSA) is 69.2 Å². The summed E-state index contributed by atoms with van der Waals surface area (Å²) in [6.07, 6.45) is 10.3. The normalized spacial score (nSPS) is 25.9. The molecule has 4 aliphatic rings. The smallest absolute Gasteiger partial charge is 0.118 e. The average Bonchev–Trinajstić information content (AvgIpc) is 3.19. The molecule has 3 aromatic rings. The Morgan fingerprint density at radius 1 is 1.03 bits per heavy atom. The molecule has 0 amide bonds. The first-order chi connectivity index (χ1) is 16.5. The summed E-state index contributed by atoms with van der Waals surface area (Å²) in [6.45, 7) is 5.16. The van der Waals surface area contributed by atoms with Crippen molar-refractivity contribution < 1.29 is 4.74 Å². The molecule has 6 heteroatoms. The number of ether oxygens (including phenoxy) is 1. The monoisotopic (exact) mass is 457 g/mol. The van der Waals surface area contributed by atoms with E-state index in [1.807, 2.05) is 18.3 Å². The minimum Gasteiger partial charge on any atom is -0.497 e. The number of methoxy groups -OCH3 is 1. The van der Waals surface area contributed by atoms with Crippen LogP contribution >= 0.6 is 0 Å². The second kappa shape index (κ2) is 8.12. The molecule has 2 N–H and O–H groups in total. The second-order valence-corrected chi connectivity index (χ2v) is 10.8. The number of aryl methyl sites for hydroxylation is 1. The van der Waals surface area contributed by atoms with Gasteiger partial charge < -0.3 is 15.4 Å². The van der Waals surface area contributed by atoms with Gasteiger partial charge in [-0.05, 0) is 87.3 Å². The van der Waals surface area contributed by atoms with Crippen LogP contribution in [0.5, 0.6) is 5.75 Å². The number of rotatable bonds is 5. The molecule has 6 nitrogen and oxygen atoms in total. The van der Waals surface area contributed by atoms with E-state index < -0.39 is 0 Å². The van der Waals surface area contributed by atoms with E-state index >= 15 is 0 Å². The second-order valence-electron chi connectivity index (χ2n) is 10.8. The Balaban J connectivity index is 1.22. The van der Waals surface area contributed by atoms with E-state index in [0.717, 1.165) is 43.1 Å². The van der Waals surface area contributed by atoms with Crippen LogP contribution in [0.4, 0.5) is 5.69 Å². The van der Waals surface area contributed by atoms with Crippen LogP contribution in [0.2, 0.25) is 0 Å². The largest absolute Gasteiger partial charge is 0.497 e. The molecule has 3 saturated carbocycles. The summed E-state index contributed by atoms with van der Waals surface area (Å²) in [5.41, 5.74) is 14.4. The van der Waals surface area contributed by atoms with Crippen LogP contribution in [0.1, 0.15) is 55.5 Å². The van der Waals surface area contributed by atoms with Crippen molar-refractivity contribution in [3.8, 4) is 17.0 Å². The van der Waals surface area contributed by atoms with Gasteiger partial charge in [0.15, 0.2) is 0 Å². The zero-order valence-corrected chi connectivity index (χ0v) is 20.4. The molecular weight excluding hydrogens is 422 g/mol. The highest BCUT2D eigenvalue weighted by Gasteiger charge is 2.47. The number of hydrogen-bond donors (Lipinski definition) is 1. The zero-order valence-electron chi connectivity index (χ0n) is 20.4. The van der Waals surface area contributed by atoms with Crippen LogP contribution in [0.25, 0.3) is 11.3 Å². The Hall–Kier alpha value is -2.86. The van der Waals surface area contributed by atoms with E-state index in [9.17, 15) is 0 Å². The first kappa shape index (κ1) is 21.7. The van der Waals surface area contributed by atoms with E-state index in [4.69, 9.17) is 15.6 Å². The van der Waals surface area contributed by atoms with Gasteiger partial charge in [0.1, 0.15) is 5.75 Å². The van der Waals surface area contributed by atoms with Gasteiger partial charge in [0, 0.05) is 60.3 Å². The van der Waals surface area contributed by atoms with Gasteiger partial charge in [-0.1, -0.05) is 0 Å². The van der Waals surface area contributed by atoms with Gasteiger partial charge >= 0.3 is 0 Å². The maximum absolute atomic E-state index is 6.56. The molecule has 0 atom stereocenters. The van der Waals surface area contributed by atoms with Gasteiger partial charge in [-0.15, -0.1) is 0 Å². The summed E-state index contributed by atoms with van der Waals surface area (Å²) in [7, 11) is 1.69. The van der Waals surface area contributed by atoms with E-state index in [0.29, 0.717) is 5.41 Å². The number of fused-ring (bicyclic) bond motifs is 4. The molecule has 3 fully saturated rings. The summed E-state index contributed by atoms with van der Waals surface area (Å²) in [4.78, 5) is 7.09. The van der Waals surface area contributed by atoms with Crippen LogP contribution in [-0.4, -0.2) is 34.0 Å². The lowest BCUT2D eigenvalue weighted by atomic mass is 9.57. The Bertz CT molecular complexity index is 1170. The van der Waals surface area contributed by atoms with E-state index in [2.05, 4.69) is 45.8 Å². The molecule has 0 spiro atoms. The maximum Gasteiger partial charge on any atom is 0.118 e.